The minimum atomic E-state index is -1.08. The minimum absolute atomic E-state index is 0.0359. The van der Waals surface area contributed by atoms with Crippen molar-refractivity contribution in [2.45, 2.75) is 0 Å². The molecular formula is C14H9Cl2NO3. The monoisotopic (exact) mass is 309 g/mol. The van der Waals surface area contributed by atoms with E-state index in [4.69, 9.17) is 33.1 Å². The van der Waals surface area contributed by atoms with E-state index in [0.29, 0.717) is 15.6 Å². The van der Waals surface area contributed by atoms with Gasteiger partial charge in [-0.05, 0) is 35.9 Å². The second-order valence-corrected chi connectivity index (χ2v) is 4.70. The Balaban J connectivity index is 2.16. The van der Waals surface area contributed by atoms with E-state index in [2.05, 4.69) is 5.16 Å². The van der Waals surface area contributed by atoms with Crippen LogP contribution < -0.4 is 4.84 Å². The predicted molar refractivity (Wildman–Crippen MR) is 78.1 cm³/mol. The smallest absolute Gasteiger partial charge is 0.339 e. The lowest BCUT2D eigenvalue weighted by molar-refractivity contribution is 0.0692. The number of rotatable bonds is 4. The SMILES string of the molecule is O=C(O)c1ccccc1O/N=C/c1cc(Cl)cc(Cl)c1. The van der Waals surface area contributed by atoms with Crippen molar-refractivity contribution in [2.24, 2.45) is 5.16 Å². The summed E-state index contributed by atoms with van der Waals surface area (Å²) >= 11 is 11.7. The summed E-state index contributed by atoms with van der Waals surface area (Å²) in [6.07, 6.45) is 1.40. The van der Waals surface area contributed by atoms with Gasteiger partial charge in [-0.2, -0.15) is 0 Å². The molecule has 0 radical (unpaired) electrons. The Morgan fingerprint density at radius 2 is 1.80 bits per heavy atom. The van der Waals surface area contributed by atoms with E-state index in [0.717, 1.165) is 0 Å². The maximum absolute atomic E-state index is 11.0. The standard InChI is InChI=1S/C14H9Cl2NO3/c15-10-5-9(6-11(16)7-10)8-17-20-13-4-2-1-3-12(13)14(18)19/h1-8H,(H,18,19)/b17-8+. The van der Waals surface area contributed by atoms with Crippen LogP contribution in [0.4, 0.5) is 0 Å². The molecule has 0 fully saturated rings. The molecule has 4 nitrogen and oxygen atoms in total. The zero-order valence-electron chi connectivity index (χ0n) is 10.1. The van der Waals surface area contributed by atoms with Crippen molar-refractivity contribution in [3.05, 3.63) is 63.6 Å². The summed E-state index contributed by atoms with van der Waals surface area (Å²) in [5.41, 5.74) is 0.684. The molecule has 0 aliphatic carbocycles. The summed E-state index contributed by atoms with van der Waals surface area (Å²) in [5.74, 6) is -0.925. The van der Waals surface area contributed by atoms with Crippen LogP contribution in [0.15, 0.2) is 47.6 Å². The number of halogens is 2. The Kier molecular flexibility index (Phi) is 4.61. The van der Waals surface area contributed by atoms with Crippen molar-refractivity contribution in [3.63, 3.8) is 0 Å². The molecular weight excluding hydrogens is 301 g/mol. The summed E-state index contributed by atoms with van der Waals surface area (Å²) in [5, 5.41) is 13.7. The molecule has 2 aromatic rings. The molecule has 0 amide bonds. The number of aromatic carboxylic acids is 1. The summed E-state index contributed by atoms with van der Waals surface area (Å²) in [6.45, 7) is 0. The number of oxime groups is 1. The van der Waals surface area contributed by atoms with Crippen molar-refractivity contribution in [1.29, 1.82) is 0 Å². The average molecular weight is 310 g/mol. The molecule has 0 spiro atoms. The van der Waals surface area contributed by atoms with Crippen molar-refractivity contribution < 1.29 is 14.7 Å². The Hall–Kier alpha value is -2.04. The Labute approximate surface area is 125 Å². The van der Waals surface area contributed by atoms with Crippen LogP contribution in [0.25, 0.3) is 0 Å². The fraction of sp³-hybridized carbons (Fsp3) is 0. The summed E-state index contributed by atoms with van der Waals surface area (Å²) in [7, 11) is 0. The highest BCUT2D eigenvalue weighted by Gasteiger charge is 2.09. The fourth-order valence-electron chi connectivity index (χ4n) is 1.52. The number of benzene rings is 2. The van der Waals surface area contributed by atoms with Crippen LogP contribution in [0.3, 0.4) is 0 Å². The third-order valence-electron chi connectivity index (χ3n) is 2.36. The maximum Gasteiger partial charge on any atom is 0.339 e. The third kappa shape index (κ3) is 3.73. The number of carbonyl (C=O) groups is 1. The molecule has 0 atom stereocenters. The van der Waals surface area contributed by atoms with Gasteiger partial charge in [0.05, 0.1) is 6.21 Å². The molecule has 2 rings (SSSR count). The molecule has 0 aliphatic heterocycles. The van der Waals surface area contributed by atoms with E-state index in [1.54, 1.807) is 30.3 Å². The first kappa shape index (κ1) is 14.4. The van der Waals surface area contributed by atoms with Crippen molar-refractivity contribution >= 4 is 35.4 Å². The van der Waals surface area contributed by atoms with Crippen molar-refractivity contribution in [3.8, 4) is 5.75 Å². The molecule has 0 bridgehead atoms. The predicted octanol–water partition coefficient (Wildman–Crippen LogP) is 4.10. The first-order valence-electron chi connectivity index (χ1n) is 5.55. The van der Waals surface area contributed by atoms with Gasteiger partial charge in [0, 0.05) is 10.0 Å². The van der Waals surface area contributed by atoms with Crippen LogP contribution in [0, 0.1) is 0 Å². The fourth-order valence-corrected chi connectivity index (χ4v) is 2.06. The Bertz CT molecular complexity index is 651. The van der Waals surface area contributed by atoms with Crippen LogP contribution in [0.1, 0.15) is 15.9 Å². The number of hydrogen-bond donors (Lipinski definition) is 1. The molecule has 0 aliphatic rings. The number of hydrogen-bond acceptors (Lipinski definition) is 3. The van der Waals surface area contributed by atoms with E-state index >= 15 is 0 Å². The molecule has 0 saturated heterocycles. The summed E-state index contributed by atoms with van der Waals surface area (Å²) < 4.78 is 0. The van der Waals surface area contributed by atoms with E-state index in [-0.39, 0.29) is 11.3 Å². The van der Waals surface area contributed by atoms with Crippen LogP contribution in [-0.2, 0) is 0 Å². The Morgan fingerprint density at radius 1 is 1.15 bits per heavy atom. The Morgan fingerprint density at radius 3 is 2.45 bits per heavy atom. The third-order valence-corrected chi connectivity index (χ3v) is 2.79. The van der Waals surface area contributed by atoms with Crippen LogP contribution >= 0.6 is 23.2 Å². The topological polar surface area (TPSA) is 58.9 Å². The molecule has 2 aromatic carbocycles. The van der Waals surface area contributed by atoms with Gasteiger partial charge >= 0.3 is 5.97 Å². The normalized spacial score (nSPS) is 10.7. The van der Waals surface area contributed by atoms with E-state index < -0.39 is 5.97 Å². The average Bonchev–Trinajstić information content (AvgIpc) is 2.38. The molecule has 1 N–H and O–H groups in total. The number of para-hydroxylation sites is 1. The second-order valence-electron chi connectivity index (χ2n) is 3.83. The molecule has 6 heteroatoms. The van der Waals surface area contributed by atoms with Gasteiger partial charge < -0.3 is 9.94 Å². The number of carboxylic acid groups (broad SMARTS) is 1. The van der Waals surface area contributed by atoms with Crippen LogP contribution in [0.2, 0.25) is 10.0 Å². The minimum Gasteiger partial charge on any atom is -0.478 e. The largest absolute Gasteiger partial charge is 0.478 e. The zero-order valence-corrected chi connectivity index (χ0v) is 11.6. The molecule has 0 unspecified atom stereocenters. The maximum atomic E-state index is 11.0. The van der Waals surface area contributed by atoms with Gasteiger partial charge in [0.1, 0.15) is 5.56 Å². The lowest BCUT2D eigenvalue weighted by Gasteiger charge is -2.02. The molecule has 0 saturated carbocycles. The summed E-state index contributed by atoms with van der Waals surface area (Å²) in [6, 6.07) is 11.1. The second kappa shape index (κ2) is 6.41. The van der Waals surface area contributed by atoms with Crippen molar-refractivity contribution in [1.82, 2.24) is 0 Å². The van der Waals surface area contributed by atoms with Gasteiger partial charge in [-0.15, -0.1) is 0 Å². The molecule has 102 valence electrons. The van der Waals surface area contributed by atoms with E-state index in [1.807, 2.05) is 0 Å². The van der Waals surface area contributed by atoms with Gasteiger partial charge in [-0.3, -0.25) is 0 Å². The summed E-state index contributed by atoms with van der Waals surface area (Å²) in [4.78, 5) is 16.1. The van der Waals surface area contributed by atoms with Gasteiger partial charge in [-0.25, -0.2) is 4.79 Å². The number of carboxylic acids is 1. The highest BCUT2D eigenvalue weighted by molar-refractivity contribution is 6.35. The molecule has 0 heterocycles. The quantitative estimate of drug-likeness (QED) is 0.683. The van der Waals surface area contributed by atoms with Gasteiger partial charge in [0.2, 0.25) is 0 Å². The lowest BCUT2D eigenvalue weighted by Crippen LogP contribution is -1.99. The lowest BCUT2D eigenvalue weighted by atomic mass is 10.2. The first-order chi connectivity index (χ1) is 9.56. The van der Waals surface area contributed by atoms with Gasteiger partial charge in [-0.1, -0.05) is 40.5 Å². The van der Waals surface area contributed by atoms with Crippen LogP contribution in [-0.4, -0.2) is 17.3 Å². The first-order valence-corrected chi connectivity index (χ1v) is 6.30. The van der Waals surface area contributed by atoms with E-state index in [9.17, 15) is 4.79 Å². The van der Waals surface area contributed by atoms with Gasteiger partial charge in [0.25, 0.3) is 0 Å². The van der Waals surface area contributed by atoms with E-state index in [1.165, 1.54) is 18.3 Å². The zero-order chi connectivity index (χ0) is 14.5. The van der Waals surface area contributed by atoms with Gasteiger partial charge in [0.15, 0.2) is 5.75 Å². The number of nitrogens with zero attached hydrogens (tertiary/aromatic N) is 1. The molecule has 0 aromatic heterocycles. The van der Waals surface area contributed by atoms with Crippen LogP contribution in [0.5, 0.6) is 5.75 Å². The molecule has 20 heavy (non-hydrogen) atoms. The highest BCUT2D eigenvalue weighted by atomic mass is 35.5. The highest BCUT2D eigenvalue weighted by Crippen LogP contribution is 2.19. The van der Waals surface area contributed by atoms with Crippen molar-refractivity contribution in [2.75, 3.05) is 0 Å².